The number of hydrogen-bond donors (Lipinski definition) is 2. The molecular formula is C30H27F3N8O3. The highest BCUT2D eigenvalue weighted by atomic mass is 19.4. The zero-order valence-electron chi connectivity index (χ0n) is 23.4. The molecule has 2 aliphatic rings. The van der Waals surface area contributed by atoms with Gasteiger partial charge in [-0.3, -0.25) is 19.3 Å². The van der Waals surface area contributed by atoms with E-state index in [1.54, 1.807) is 23.2 Å². The van der Waals surface area contributed by atoms with Crippen LogP contribution in [-0.4, -0.2) is 77.0 Å². The molecule has 0 saturated carbocycles. The fourth-order valence-corrected chi connectivity index (χ4v) is 5.76. The number of fused-ring (bicyclic) bond motifs is 3. The second-order valence-corrected chi connectivity index (χ2v) is 10.6. The third kappa shape index (κ3) is 5.05. The van der Waals surface area contributed by atoms with Crippen LogP contribution in [0.15, 0.2) is 64.4 Å². The van der Waals surface area contributed by atoms with Gasteiger partial charge in [0, 0.05) is 62.9 Å². The van der Waals surface area contributed by atoms with E-state index in [4.69, 9.17) is 9.72 Å². The quantitative estimate of drug-likeness (QED) is 0.298. The Kier molecular flexibility index (Phi) is 7.01. The normalized spacial score (nSPS) is 16.2. The summed E-state index contributed by atoms with van der Waals surface area (Å²) in [6.45, 7) is 4.65. The summed E-state index contributed by atoms with van der Waals surface area (Å²) in [6.07, 6.45) is -1.71. The summed E-state index contributed by atoms with van der Waals surface area (Å²) in [5.41, 5.74) is -0.700. The number of hydrogen-bond acceptors (Lipinski definition) is 9. The van der Waals surface area contributed by atoms with Crippen LogP contribution >= 0.6 is 0 Å². The summed E-state index contributed by atoms with van der Waals surface area (Å²) >= 11 is 0. The monoisotopic (exact) mass is 604 g/mol. The molecule has 5 aromatic rings. The first-order chi connectivity index (χ1) is 21.3. The van der Waals surface area contributed by atoms with Crippen molar-refractivity contribution in [2.45, 2.75) is 6.18 Å². The summed E-state index contributed by atoms with van der Waals surface area (Å²) < 4.78 is 49.7. The second kappa shape index (κ2) is 11.0. The fourth-order valence-electron chi connectivity index (χ4n) is 5.76. The van der Waals surface area contributed by atoms with Gasteiger partial charge in [0.2, 0.25) is 0 Å². The van der Waals surface area contributed by atoms with Crippen molar-refractivity contribution in [2.24, 2.45) is 0 Å². The third-order valence-corrected chi connectivity index (χ3v) is 7.96. The van der Waals surface area contributed by atoms with E-state index in [2.05, 4.69) is 25.2 Å². The Hall–Kier alpha value is -4.82. The van der Waals surface area contributed by atoms with Crippen LogP contribution in [0.4, 0.5) is 24.7 Å². The van der Waals surface area contributed by atoms with E-state index in [9.17, 15) is 22.8 Å². The summed E-state index contributed by atoms with van der Waals surface area (Å²) in [6, 6.07) is 11.0. The van der Waals surface area contributed by atoms with Gasteiger partial charge in [0.25, 0.3) is 5.56 Å². The highest BCUT2D eigenvalue weighted by Crippen LogP contribution is 2.38. The van der Waals surface area contributed by atoms with Crippen LogP contribution in [0.2, 0.25) is 0 Å². The van der Waals surface area contributed by atoms with Gasteiger partial charge in [-0.05, 0) is 42.5 Å². The molecule has 44 heavy (non-hydrogen) atoms. The van der Waals surface area contributed by atoms with Crippen LogP contribution in [0, 0.1) is 0 Å². The van der Waals surface area contributed by atoms with E-state index in [1.807, 2.05) is 12.1 Å². The number of anilines is 2. The molecule has 2 aliphatic heterocycles. The van der Waals surface area contributed by atoms with Crippen molar-refractivity contribution in [3.63, 3.8) is 0 Å². The number of aromatic nitrogens is 5. The highest BCUT2D eigenvalue weighted by molar-refractivity contribution is 6.01. The average molecular weight is 605 g/mol. The topological polar surface area (TPSA) is 121 Å². The van der Waals surface area contributed by atoms with E-state index in [0.29, 0.717) is 56.2 Å². The van der Waals surface area contributed by atoms with Gasteiger partial charge in [-0.1, -0.05) is 0 Å². The predicted octanol–water partition coefficient (Wildman–Crippen LogP) is 2.95. The standard InChI is InChI=1S/C30H27F3N8O3/c31-30(32,33)21-15-19(2-5-24(21)39-9-7-34-8-10-39)41-27-20(28(42)38-29(41)43)17-35-23-4-3-22(37-26(23)27)18-1-6-25(36-16-18)40-11-13-44-14-12-40/h1-6,15-17,34H,7-14H2,(H,38,42,43). The third-order valence-electron chi connectivity index (χ3n) is 7.96. The first-order valence-corrected chi connectivity index (χ1v) is 14.2. The first-order valence-electron chi connectivity index (χ1n) is 14.2. The summed E-state index contributed by atoms with van der Waals surface area (Å²) in [7, 11) is 0. The lowest BCUT2D eigenvalue weighted by atomic mass is 10.1. The SMILES string of the molecule is O=c1[nH]c(=O)n(-c2ccc(N3CCNCC3)c(C(F)(F)F)c2)c2c1cnc1ccc(-c3ccc(N4CCOCC4)nc3)nc12. The van der Waals surface area contributed by atoms with Crippen molar-refractivity contribution < 1.29 is 17.9 Å². The maximum atomic E-state index is 14.4. The number of H-pyrrole nitrogens is 1. The molecule has 0 atom stereocenters. The van der Waals surface area contributed by atoms with E-state index < -0.39 is 23.0 Å². The highest BCUT2D eigenvalue weighted by Gasteiger charge is 2.36. The molecular weight excluding hydrogens is 577 g/mol. The number of nitrogens with zero attached hydrogens (tertiary/aromatic N) is 6. The van der Waals surface area contributed by atoms with E-state index >= 15 is 0 Å². The van der Waals surface area contributed by atoms with Gasteiger partial charge in [-0.25, -0.2) is 14.8 Å². The maximum Gasteiger partial charge on any atom is 0.418 e. The number of pyridine rings is 3. The van der Waals surface area contributed by atoms with Crippen molar-refractivity contribution >= 4 is 33.4 Å². The van der Waals surface area contributed by atoms with Crippen LogP contribution in [0.5, 0.6) is 0 Å². The van der Waals surface area contributed by atoms with E-state index in [0.717, 1.165) is 29.5 Å². The maximum absolute atomic E-state index is 14.4. The van der Waals surface area contributed by atoms with Gasteiger partial charge >= 0.3 is 11.9 Å². The molecule has 0 bridgehead atoms. The molecule has 0 unspecified atom stereocenters. The van der Waals surface area contributed by atoms with Gasteiger partial charge in [-0.15, -0.1) is 0 Å². The van der Waals surface area contributed by atoms with E-state index in [-0.39, 0.29) is 27.8 Å². The minimum Gasteiger partial charge on any atom is -0.378 e. The van der Waals surface area contributed by atoms with Gasteiger partial charge in [0.05, 0.1) is 46.6 Å². The molecule has 14 heteroatoms. The van der Waals surface area contributed by atoms with Gasteiger partial charge < -0.3 is 19.9 Å². The number of rotatable bonds is 4. The average Bonchev–Trinajstić information content (AvgIpc) is 3.05. The number of halogens is 3. The molecule has 0 aliphatic carbocycles. The lowest BCUT2D eigenvalue weighted by Crippen LogP contribution is -2.44. The van der Waals surface area contributed by atoms with Gasteiger partial charge in [0.1, 0.15) is 11.3 Å². The number of ether oxygens (including phenoxy) is 1. The minimum absolute atomic E-state index is 0.0160. The molecule has 0 amide bonds. The van der Waals surface area contributed by atoms with Crippen molar-refractivity contribution in [1.82, 2.24) is 29.8 Å². The van der Waals surface area contributed by atoms with Crippen molar-refractivity contribution in [3.05, 3.63) is 81.3 Å². The Morgan fingerprint density at radius 2 is 1.66 bits per heavy atom. The second-order valence-electron chi connectivity index (χ2n) is 10.6. The Labute approximate surface area is 247 Å². The summed E-state index contributed by atoms with van der Waals surface area (Å²) in [4.78, 5) is 45.9. The largest absolute Gasteiger partial charge is 0.418 e. The Bertz CT molecular complexity index is 1980. The lowest BCUT2D eigenvalue weighted by Gasteiger charge is -2.31. The molecule has 11 nitrogen and oxygen atoms in total. The first kappa shape index (κ1) is 28.0. The number of benzene rings is 1. The van der Waals surface area contributed by atoms with Crippen LogP contribution in [-0.2, 0) is 10.9 Å². The lowest BCUT2D eigenvalue weighted by molar-refractivity contribution is -0.137. The molecule has 2 fully saturated rings. The van der Waals surface area contributed by atoms with Crippen LogP contribution < -0.4 is 26.4 Å². The molecule has 4 aromatic heterocycles. The van der Waals surface area contributed by atoms with Gasteiger partial charge in [-0.2, -0.15) is 13.2 Å². The molecule has 2 N–H and O–H groups in total. The number of morpholine rings is 1. The van der Waals surface area contributed by atoms with Crippen molar-refractivity contribution in [3.8, 4) is 16.9 Å². The van der Waals surface area contributed by atoms with Crippen LogP contribution in [0.25, 0.3) is 38.9 Å². The van der Waals surface area contributed by atoms with Crippen molar-refractivity contribution in [2.75, 3.05) is 62.3 Å². The molecule has 0 radical (unpaired) electrons. The molecule has 0 spiro atoms. The number of aromatic amines is 1. The molecule has 2 saturated heterocycles. The zero-order chi connectivity index (χ0) is 30.4. The smallest absolute Gasteiger partial charge is 0.378 e. The molecule has 6 heterocycles. The zero-order valence-corrected chi connectivity index (χ0v) is 23.4. The number of nitrogens with one attached hydrogen (secondary N) is 2. The number of piperazine rings is 1. The minimum atomic E-state index is -4.69. The molecule has 1 aromatic carbocycles. The van der Waals surface area contributed by atoms with Crippen molar-refractivity contribution in [1.29, 1.82) is 0 Å². The van der Waals surface area contributed by atoms with E-state index in [1.165, 1.54) is 18.3 Å². The molecule has 226 valence electrons. The fraction of sp³-hybridized carbons (Fsp3) is 0.300. The van der Waals surface area contributed by atoms with Gasteiger partial charge in [0.15, 0.2) is 0 Å². The molecule has 7 rings (SSSR count). The summed E-state index contributed by atoms with van der Waals surface area (Å²) in [5.74, 6) is 0.801. The van der Waals surface area contributed by atoms with Crippen LogP contribution in [0.1, 0.15) is 5.56 Å². The Morgan fingerprint density at radius 3 is 2.39 bits per heavy atom. The predicted molar refractivity (Wildman–Crippen MR) is 160 cm³/mol. The number of alkyl halides is 3. The Morgan fingerprint density at radius 1 is 0.864 bits per heavy atom. The van der Waals surface area contributed by atoms with Crippen LogP contribution in [0.3, 0.4) is 0 Å². The Balaban J connectivity index is 1.39. The summed E-state index contributed by atoms with van der Waals surface area (Å²) in [5, 5.41) is 3.15.